The van der Waals surface area contributed by atoms with Crippen molar-refractivity contribution in [3.05, 3.63) is 68.5 Å². The van der Waals surface area contributed by atoms with Crippen LogP contribution in [0.5, 0.6) is 0 Å². The first-order valence-corrected chi connectivity index (χ1v) is 12.2. The molecule has 3 aromatic rings. The van der Waals surface area contributed by atoms with Crippen LogP contribution in [0.4, 0.5) is 0 Å². The van der Waals surface area contributed by atoms with Gasteiger partial charge >= 0.3 is 0 Å². The van der Waals surface area contributed by atoms with E-state index >= 15 is 0 Å². The summed E-state index contributed by atoms with van der Waals surface area (Å²) in [4.78, 5) is 1.82. The molecule has 1 heterocycles. The highest BCUT2D eigenvalue weighted by molar-refractivity contribution is 7.90. The molecule has 0 aliphatic heterocycles. The molecule has 154 valence electrons. The Morgan fingerprint density at radius 2 is 1.52 bits per heavy atom. The van der Waals surface area contributed by atoms with Crippen molar-refractivity contribution in [1.29, 1.82) is 0 Å². The number of thiophene rings is 1. The maximum Gasteiger partial charge on any atom is 0.216 e. The quantitative estimate of drug-likeness (QED) is 0.411. The molecular formula is C21H20Cl3NO2S2. The van der Waals surface area contributed by atoms with E-state index in [1.165, 1.54) is 11.3 Å². The van der Waals surface area contributed by atoms with E-state index < -0.39 is 14.8 Å². The van der Waals surface area contributed by atoms with Crippen LogP contribution >= 0.6 is 46.1 Å². The van der Waals surface area contributed by atoms with Gasteiger partial charge in [0, 0.05) is 37.5 Å². The zero-order chi connectivity index (χ0) is 21.4. The Hall–Kier alpha value is -1.08. The SMILES string of the molecule is CC(C)(C)S(=O)(=O)NCc1cc(-c2ccc(Cl)cc2)c(-c2ccc(Cl)cc2Cl)s1. The highest BCUT2D eigenvalue weighted by Crippen LogP contribution is 2.43. The van der Waals surface area contributed by atoms with Gasteiger partial charge in [0.25, 0.3) is 0 Å². The Morgan fingerprint density at radius 3 is 2.10 bits per heavy atom. The third-order valence-electron chi connectivity index (χ3n) is 4.36. The lowest BCUT2D eigenvalue weighted by atomic mass is 10.0. The van der Waals surface area contributed by atoms with E-state index in [0.29, 0.717) is 15.1 Å². The zero-order valence-electron chi connectivity index (χ0n) is 16.1. The summed E-state index contributed by atoms with van der Waals surface area (Å²) in [5.41, 5.74) is 2.77. The molecule has 0 unspecified atom stereocenters. The molecule has 0 amide bonds. The molecule has 8 heteroatoms. The molecule has 0 saturated heterocycles. The second-order valence-electron chi connectivity index (χ2n) is 7.52. The number of sulfonamides is 1. The van der Waals surface area contributed by atoms with Gasteiger partial charge in [0.05, 0.1) is 9.77 Å². The molecule has 0 bridgehead atoms. The summed E-state index contributed by atoms with van der Waals surface area (Å²) in [6.07, 6.45) is 0. The van der Waals surface area contributed by atoms with E-state index in [1.54, 1.807) is 32.9 Å². The molecule has 3 rings (SSSR count). The molecule has 1 N–H and O–H groups in total. The first-order valence-electron chi connectivity index (χ1n) is 8.81. The summed E-state index contributed by atoms with van der Waals surface area (Å²) in [6.45, 7) is 5.21. The van der Waals surface area contributed by atoms with Crippen molar-refractivity contribution in [1.82, 2.24) is 4.72 Å². The minimum atomic E-state index is -3.45. The van der Waals surface area contributed by atoms with E-state index in [1.807, 2.05) is 36.4 Å². The van der Waals surface area contributed by atoms with Crippen LogP contribution in [0.2, 0.25) is 15.1 Å². The van der Waals surface area contributed by atoms with Crippen molar-refractivity contribution in [2.24, 2.45) is 0 Å². The van der Waals surface area contributed by atoms with Gasteiger partial charge in [0.15, 0.2) is 0 Å². The molecule has 0 saturated carbocycles. The van der Waals surface area contributed by atoms with Gasteiger partial charge in [0.2, 0.25) is 10.0 Å². The van der Waals surface area contributed by atoms with Gasteiger partial charge in [-0.1, -0.05) is 53.0 Å². The van der Waals surface area contributed by atoms with Crippen molar-refractivity contribution < 1.29 is 8.42 Å². The number of rotatable bonds is 5. The van der Waals surface area contributed by atoms with E-state index in [4.69, 9.17) is 34.8 Å². The lowest BCUT2D eigenvalue weighted by molar-refractivity contribution is 0.545. The predicted octanol–water partition coefficient (Wildman–Crippen LogP) is 7.26. The lowest BCUT2D eigenvalue weighted by Crippen LogP contribution is -2.38. The fourth-order valence-electron chi connectivity index (χ4n) is 2.63. The van der Waals surface area contributed by atoms with Crippen LogP contribution in [0.15, 0.2) is 48.5 Å². The standard InChI is InChI=1S/C21H20Cl3NO2S2/c1-21(2,3)29(26,27)25-12-16-11-18(13-4-6-14(22)7-5-13)20(28-16)17-9-8-15(23)10-19(17)24/h4-11,25H,12H2,1-3H3. The third kappa shape index (κ3) is 5.16. The van der Waals surface area contributed by atoms with Gasteiger partial charge in [-0.25, -0.2) is 13.1 Å². The lowest BCUT2D eigenvalue weighted by Gasteiger charge is -2.19. The Labute approximate surface area is 190 Å². The Kier molecular flexibility index (Phi) is 6.68. The van der Waals surface area contributed by atoms with Crippen LogP contribution < -0.4 is 4.72 Å². The summed E-state index contributed by atoms with van der Waals surface area (Å²) in [6, 6.07) is 14.9. The second kappa shape index (κ2) is 8.58. The van der Waals surface area contributed by atoms with Crippen LogP contribution in [0, 0.1) is 0 Å². The van der Waals surface area contributed by atoms with Gasteiger partial charge in [-0.2, -0.15) is 0 Å². The number of halogens is 3. The molecule has 3 nitrogen and oxygen atoms in total. The molecule has 2 aromatic carbocycles. The fraction of sp³-hybridized carbons (Fsp3) is 0.238. The molecule has 0 spiro atoms. The molecule has 0 aliphatic carbocycles. The second-order valence-corrected chi connectivity index (χ2v) is 12.5. The maximum absolute atomic E-state index is 12.4. The third-order valence-corrected chi connectivity index (χ3v) is 8.46. The van der Waals surface area contributed by atoms with E-state index in [-0.39, 0.29) is 6.54 Å². The summed E-state index contributed by atoms with van der Waals surface area (Å²) in [5, 5.41) is 1.74. The van der Waals surface area contributed by atoms with Crippen molar-refractivity contribution in [3.63, 3.8) is 0 Å². The minimum Gasteiger partial charge on any atom is -0.212 e. The van der Waals surface area contributed by atoms with Crippen LogP contribution in [-0.2, 0) is 16.6 Å². The van der Waals surface area contributed by atoms with Gasteiger partial charge in [-0.05, 0) is 56.7 Å². The highest BCUT2D eigenvalue weighted by atomic mass is 35.5. The molecular weight excluding hydrogens is 469 g/mol. The Balaban J connectivity index is 2.05. The van der Waals surface area contributed by atoms with Gasteiger partial charge < -0.3 is 0 Å². The van der Waals surface area contributed by atoms with Gasteiger partial charge in [0.1, 0.15) is 0 Å². The summed E-state index contributed by atoms with van der Waals surface area (Å²) in [5.74, 6) is 0. The zero-order valence-corrected chi connectivity index (χ0v) is 20.0. The number of hydrogen-bond acceptors (Lipinski definition) is 3. The molecule has 29 heavy (non-hydrogen) atoms. The van der Waals surface area contributed by atoms with Gasteiger partial charge in [-0.3, -0.25) is 0 Å². The normalized spacial score (nSPS) is 12.3. The van der Waals surface area contributed by atoms with Crippen LogP contribution in [0.1, 0.15) is 25.6 Å². The Bertz CT molecular complexity index is 1130. The first kappa shape index (κ1) is 22.6. The fourth-order valence-corrected chi connectivity index (χ4v) is 5.34. The van der Waals surface area contributed by atoms with Crippen molar-refractivity contribution in [3.8, 4) is 21.6 Å². The average Bonchev–Trinajstić information content (AvgIpc) is 3.04. The van der Waals surface area contributed by atoms with E-state index in [2.05, 4.69) is 4.72 Å². The van der Waals surface area contributed by atoms with E-state index in [0.717, 1.165) is 26.4 Å². The molecule has 0 aliphatic rings. The first-order chi connectivity index (χ1) is 13.5. The van der Waals surface area contributed by atoms with Crippen molar-refractivity contribution >= 4 is 56.2 Å². The Morgan fingerprint density at radius 1 is 0.897 bits per heavy atom. The topological polar surface area (TPSA) is 46.2 Å². The molecule has 0 fully saturated rings. The average molecular weight is 489 g/mol. The molecule has 0 atom stereocenters. The highest BCUT2D eigenvalue weighted by Gasteiger charge is 2.28. The maximum atomic E-state index is 12.4. The summed E-state index contributed by atoms with van der Waals surface area (Å²) >= 11 is 20.0. The van der Waals surface area contributed by atoms with Crippen LogP contribution in [-0.4, -0.2) is 13.2 Å². The monoisotopic (exact) mass is 487 g/mol. The van der Waals surface area contributed by atoms with Gasteiger partial charge in [-0.15, -0.1) is 11.3 Å². The minimum absolute atomic E-state index is 0.204. The smallest absolute Gasteiger partial charge is 0.212 e. The van der Waals surface area contributed by atoms with Crippen molar-refractivity contribution in [2.45, 2.75) is 32.1 Å². The van der Waals surface area contributed by atoms with Crippen LogP contribution in [0.25, 0.3) is 21.6 Å². The predicted molar refractivity (Wildman–Crippen MR) is 126 cm³/mol. The number of nitrogens with one attached hydrogen (secondary N) is 1. The molecule has 1 aromatic heterocycles. The van der Waals surface area contributed by atoms with Crippen molar-refractivity contribution in [2.75, 3.05) is 0 Å². The number of benzene rings is 2. The largest absolute Gasteiger partial charge is 0.216 e. The summed E-state index contributed by atoms with van der Waals surface area (Å²) < 4.78 is 26.7. The summed E-state index contributed by atoms with van der Waals surface area (Å²) in [7, 11) is -3.45. The molecule has 0 radical (unpaired) electrons. The van der Waals surface area contributed by atoms with Crippen LogP contribution in [0.3, 0.4) is 0 Å². The van der Waals surface area contributed by atoms with E-state index in [9.17, 15) is 8.42 Å². The number of hydrogen-bond donors (Lipinski definition) is 1.